The van der Waals surface area contributed by atoms with Gasteiger partial charge < -0.3 is 0 Å². The summed E-state index contributed by atoms with van der Waals surface area (Å²) in [7, 11) is 2.83. The monoisotopic (exact) mass is 742 g/mol. The Morgan fingerprint density at radius 2 is 1.07 bits per heavy atom. The molecular weight excluding hydrogens is 647 g/mol. The fourth-order valence-electron chi connectivity index (χ4n) is 17.4. The van der Waals surface area contributed by atoms with Gasteiger partial charge in [-0.2, -0.15) is 0 Å². The van der Waals surface area contributed by atoms with E-state index in [1.807, 2.05) is 0 Å². The van der Waals surface area contributed by atoms with Gasteiger partial charge in [-0.1, -0.05) is 140 Å². The molecule has 0 saturated heterocycles. The summed E-state index contributed by atoms with van der Waals surface area (Å²) >= 11 is 0. The van der Waals surface area contributed by atoms with E-state index in [4.69, 9.17) is 0 Å². The summed E-state index contributed by atoms with van der Waals surface area (Å²) in [6, 6.07) is 0. The molecule has 0 aromatic rings. The lowest BCUT2D eigenvalue weighted by molar-refractivity contribution is 0.00895. The van der Waals surface area contributed by atoms with Gasteiger partial charge in [0.1, 0.15) is 7.28 Å². The van der Waals surface area contributed by atoms with Crippen molar-refractivity contribution in [2.45, 2.75) is 230 Å². The smallest absolute Gasteiger partial charge is 0.0744 e. The molecule has 309 valence electrons. The zero-order chi connectivity index (χ0) is 38.6. The Balaban J connectivity index is 1.02. The molecule has 16 atom stereocenters. The molecule has 1 radical (unpaired) electrons. The highest BCUT2D eigenvalue weighted by Gasteiger charge is 2.62. The summed E-state index contributed by atoms with van der Waals surface area (Å²) in [5.74, 6) is 15.1. The van der Waals surface area contributed by atoms with Crippen LogP contribution in [0.15, 0.2) is 0 Å². The predicted molar refractivity (Wildman–Crippen MR) is 237 cm³/mol. The van der Waals surface area contributed by atoms with Gasteiger partial charge in [0.2, 0.25) is 0 Å². The molecule has 1 heteroatoms. The normalized spacial score (nSPS) is 46.1. The number of unbranched alkanes of at least 4 members (excludes halogenated alkanes) is 4. The van der Waals surface area contributed by atoms with E-state index >= 15 is 0 Å². The van der Waals surface area contributed by atoms with Crippen LogP contribution in [0.4, 0.5) is 0 Å². The Morgan fingerprint density at radius 3 is 1.70 bits per heavy atom. The van der Waals surface area contributed by atoms with Crippen LogP contribution in [0.2, 0.25) is 12.1 Å². The Hall–Kier alpha value is 0.0649. The van der Waals surface area contributed by atoms with Crippen LogP contribution >= 0.6 is 0 Å². The van der Waals surface area contributed by atoms with E-state index in [1.54, 1.807) is 96.3 Å². The predicted octanol–water partition coefficient (Wildman–Crippen LogP) is 16.4. The zero-order valence-electron chi connectivity index (χ0n) is 38.5. The van der Waals surface area contributed by atoms with Crippen LogP contribution in [0.1, 0.15) is 217 Å². The van der Waals surface area contributed by atoms with Gasteiger partial charge in [0, 0.05) is 0 Å². The first-order valence-corrected chi connectivity index (χ1v) is 25.5. The number of hydrogen-bond acceptors (Lipinski definition) is 0. The first-order chi connectivity index (χ1) is 25.6. The van der Waals surface area contributed by atoms with E-state index in [9.17, 15) is 0 Å². The molecule has 0 aliphatic heterocycles. The summed E-state index contributed by atoms with van der Waals surface area (Å²) in [6.45, 7) is 28.2. The zero-order valence-corrected chi connectivity index (χ0v) is 38.5. The second-order valence-corrected chi connectivity index (χ2v) is 24.9. The molecular formula is C53H94B. The molecule has 7 saturated carbocycles. The lowest BCUT2D eigenvalue weighted by Gasteiger charge is -2.49. The van der Waals surface area contributed by atoms with Crippen molar-refractivity contribution < 1.29 is 0 Å². The third-order valence-electron chi connectivity index (χ3n) is 21.4. The van der Waals surface area contributed by atoms with Crippen LogP contribution in [0.25, 0.3) is 0 Å². The topological polar surface area (TPSA) is 0 Å². The van der Waals surface area contributed by atoms with E-state index in [1.165, 1.54) is 51.3 Å². The lowest BCUT2D eigenvalue weighted by Crippen LogP contribution is -2.40. The summed E-state index contributed by atoms with van der Waals surface area (Å²) in [4.78, 5) is 0. The van der Waals surface area contributed by atoms with Crippen LogP contribution in [0, 0.1) is 105 Å². The van der Waals surface area contributed by atoms with Crippen LogP contribution in [0.5, 0.6) is 0 Å². The van der Waals surface area contributed by atoms with E-state index in [2.05, 4.69) is 83.4 Å². The summed E-state index contributed by atoms with van der Waals surface area (Å²) in [6.07, 6.45) is 35.4. The van der Waals surface area contributed by atoms with Crippen LogP contribution in [-0.2, 0) is 0 Å². The molecule has 0 nitrogen and oxygen atoms in total. The Bertz CT molecular complexity index is 1210. The summed E-state index contributed by atoms with van der Waals surface area (Å²) in [5, 5.41) is 0. The number of fused-ring (bicyclic) bond motifs is 6. The molecule has 0 N–H and O–H groups in total. The van der Waals surface area contributed by atoms with Crippen molar-refractivity contribution in [2.24, 2.45) is 105 Å². The van der Waals surface area contributed by atoms with Gasteiger partial charge in [-0.15, -0.1) is 0 Å². The van der Waals surface area contributed by atoms with Crippen LogP contribution < -0.4 is 0 Å². The van der Waals surface area contributed by atoms with Gasteiger partial charge in [-0.25, -0.2) is 0 Å². The molecule has 7 fully saturated rings. The molecule has 0 bridgehead atoms. The Morgan fingerprint density at radius 1 is 0.537 bits per heavy atom. The van der Waals surface area contributed by atoms with Crippen LogP contribution in [0.3, 0.4) is 0 Å². The highest BCUT2D eigenvalue weighted by atomic mass is 14.7. The van der Waals surface area contributed by atoms with Crippen molar-refractivity contribution >= 4 is 7.28 Å². The minimum absolute atomic E-state index is 0.359. The molecule has 15 unspecified atom stereocenters. The molecule has 0 heterocycles. The second kappa shape index (κ2) is 16.6. The molecule has 7 aliphatic rings. The third-order valence-corrected chi connectivity index (χ3v) is 21.4. The average molecular weight is 742 g/mol. The van der Waals surface area contributed by atoms with Crippen LogP contribution in [-0.4, -0.2) is 7.28 Å². The van der Waals surface area contributed by atoms with Crippen molar-refractivity contribution in [1.29, 1.82) is 0 Å². The molecule has 0 aromatic carbocycles. The van der Waals surface area contributed by atoms with E-state index in [0.717, 1.165) is 88.7 Å². The molecule has 7 rings (SSSR count). The van der Waals surface area contributed by atoms with Crippen molar-refractivity contribution in [2.75, 3.05) is 0 Å². The first kappa shape index (κ1) is 42.2. The maximum absolute atomic E-state index is 2.83. The molecule has 0 aromatic heterocycles. The Kier molecular flexibility index (Phi) is 13.0. The van der Waals surface area contributed by atoms with Gasteiger partial charge in [0.25, 0.3) is 0 Å². The van der Waals surface area contributed by atoms with Gasteiger partial charge in [0.15, 0.2) is 0 Å². The summed E-state index contributed by atoms with van der Waals surface area (Å²) < 4.78 is 0. The Labute approximate surface area is 340 Å². The quantitative estimate of drug-likeness (QED) is 0.130. The SMILES string of the molecule is CCCCCCC1(CCCC)C2CCCCC2C2CCC(C3CCC4C5CCC(C6CC(C)[C@H]([B]CC(C)(C)C(C)(C)C)C6C)CC5C(C)(C)C4C3)CC21. The number of hydrogen-bond donors (Lipinski definition) is 0. The fraction of sp³-hybridized carbons (Fsp3) is 1.00. The third kappa shape index (κ3) is 7.67. The molecule has 0 amide bonds. The minimum Gasteiger partial charge on any atom is -0.0744 e. The average Bonchev–Trinajstić information content (AvgIpc) is 3.68. The first-order valence-electron chi connectivity index (χ1n) is 25.5. The standard InChI is InChI=1S/C53H94B/c1-12-14-16-19-29-53(28-15-13-2)45-21-18-17-20-40(45)43-26-23-38(32-48(43)53)37-22-25-41-42-27-24-39(33-47(42)52(10,11)46(41)31-37)44-30-35(3)49(36(44)4)54-34-51(8,9)50(5,6)7/h35-49H,12-34H2,1-11H3/t35?,36?,37?,38?,39?,40?,41?,42?,43?,44?,45?,46?,47?,48?,49-,53?/m0/s1. The van der Waals surface area contributed by atoms with Gasteiger partial charge >= 0.3 is 0 Å². The maximum Gasteiger partial charge on any atom is 0.115 e. The second-order valence-electron chi connectivity index (χ2n) is 24.9. The van der Waals surface area contributed by atoms with Gasteiger partial charge in [-0.3, -0.25) is 0 Å². The van der Waals surface area contributed by atoms with E-state index < -0.39 is 0 Å². The summed E-state index contributed by atoms with van der Waals surface area (Å²) in [5.41, 5.74) is 1.98. The van der Waals surface area contributed by atoms with Gasteiger partial charge in [-0.05, 0) is 194 Å². The van der Waals surface area contributed by atoms with Crippen molar-refractivity contribution in [3.8, 4) is 0 Å². The molecule has 7 aliphatic carbocycles. The fourth-order valence-corrected chi connectivity index (χ4v) is 17.4. The molecule has 0 spiro atoms. The van der Waals surface area contributed by atoms with Crippen molar-refractivity contribution in [1.82, 2.24) is 0 Å². The minimum atomic E-state index is 0.359. The maximum atomic E-state index is 2.83. The van der Waals surface area contributed by atoms with Gasteiger partial charge in [0.05, 0.1) is 0 Å². The van der Waals surface area contributed by atoms with Crippen molar-refractivity contribution in [3.05, 3.63) is 0 Å². The largest absolute Gasteiger partial charge is 0.115 e. The van der Waals surface area contributed by atoms with E-state index in [-0.39, 0.29) is 0 Å². The lowest BCUT2D eigenvalue weighted by atomic mass is 9.47. The van der Waals surface area contributed by atoms with E-state index in [0.29, 0.717) is 21.7 Å². The molecule has 54 heavy (non-hydrogen) atoms. The van der Waals surface area contributed by atoms with Crippen molar-refractivity contribution in [3.63, 3.8) is 0 Å². The highest BCUT2D eigenvalue weighted by molar-refractivity contribution is 6.38. The number of rotatable bonds is 13. The highest BCUT2D eigenvalue weighted by Crippen LogP contribution is 2.70.